The van der Waals surface area contributed by atoms with Crippen LogP contribution >= 0.6 is 23.4 Å². The predicted octanol–water partition coefficient (Wildman–Crippen LogP) is 3.77. The second-order valence-corrected chi connectivity index (χ2v) is 10.9. The highest BCUT2D eigenvalue weighted by Gasteiger charge is 2.26. The van der Waals surface area contributed by atoms with Crippen molar-refractivity contribution in [3.05, 3.63) is 95.5 Å². The molecule has 1 atom stereocenters. The van der Waals surface area contributed by atoms with Crippen LogP contribution in [0.3, 0.4) is 0 Å². The van der Waals surface area contributed by atoms with Gasteiger partial charge in [-0.05, 0) is 60.9 Å². The number of hydrogen-bond acceptors (Lipinski definition) is 6. The minimum atomic E-state index is -0.891. The molecule has 202 valence electrons. The van der Waals surface area contributed by atoms with Crippen LogP contribution in [0.4, 0.5) is 0 Å². The van der Waals surface area contributed by atoms with Crippen LogP contribution in [0, 0.1) is 0 Å². The Morgan fingerprint density at radius 3 is 2.46 bits per heavy atom. The third-order valence-corrected chi connectivity index (χ3v) is 7.83. The maximum atomic E-state index is 13.1. The monoisotopic (exact) mass is 563 g/mol. The summed E-state index contributed by atoms with van der Waals surface area (Å²) < 4.78 is 0. The summed E-state index contributed by atoms with van der Waals surface area (Å²) in [7, 11) is 0. The first-order valence-corrected chi connectivity index (χ1v) is 14.0. The molecule has 0 radical (unpaired) electrons. The number of likely N-dealkylation sites (tertiary alicyclic amines) is 1. The summed E-state index contributed by atoms with van der Waals surface area (Å²) in [5.41, 5.74) is 1.45. The van der Waals surface area contributed by atoms with Gasteiger partial charge >= 0.3 is 0 Å². The maximum absolute atomic E-state index is 13.1. The van der Waals surface area contributed by atoms with Gasteiger partial charge in [0.1, 0.15) is 6.04 Å². The highest BCUT2D eigenvalue weighted by Crippen LogP contribution is 2.29. The molecule has 1 saturated heterocycles. The van der Waals surface area contributed by atoms with E-state index in [1.54, 1.807) is 77.7 Å². The fourth-order valence-corrected chi connectivity index (χ4v) is 5.37. The number of carbonyl (C=O) groups is 3. The second kappa shape index (κ2) is 14.5. The van der Waals surface area contributed by atoms with E-state index >= 15 is 0 Å². The van der Waals surface area contributed by atoms with Crippen molar-refractivity contribution in [2.45, 2.75) is 35.4 Å². The van der Waals surface area contributed by atoms with Crippen molar-refractivity contribution >= 4 is 47.2 Å². The molecule has 8 nitrogen and oxygen atoms in total. The van der Waals surface area contributed by atoms with E-state index in [4.69, 9.17) is 11.6 Å². The van der Waals surface area contributed by atoms with Gasteiger partial charge in [-0.15, -0.1) is 11.8 Å². The molecule has 39 heavy (non-hydrogen) atoms. The van der Waals surface area contributed by atoms with E-state index in [1.165, 1.54) is 11.0 Å². The molecule has 1 aliphatic heterocycles. The fraction of sp³-hybridized carbons (Fsp3) is 0.276. The smallest absolute Gasteiger partial charge is 0.244 e. The largest absolute Gasteiger partial charge is 0.345 e. The van der Waals surface area contributed by atoms with Crippen molar-refractivity contribution < 1.29 is 14.4 Å². The maximum Gasteiger partial charge on any atom is 0.244 e. The summed E-state index contributed by atoms with van der Waals surface area (Å²) >= 11 is 7.71. The molecular formula is C29H30ClN5O3S. The van der Waals surface area contributed by atoms with Gasteiger partial charge in [0.15, 0.2) is 0 Å². The Kier molecular flexibility index (Phi) is 10.5. The van der Waals surface area contributed by atoms with Crippen LogP contribution in [0.15, 0.2) is 84.2 Å². The molecule has 2 N–H and O–H groups in total. The SMILES string of the molecule is O=C(C=Cc1ccc(Cl)cc1)N[C@@H](Cc1ccccn1)C(=O)NCC(=O)N1CCC(Sc2ccncc2)CC1. The zero-order chi connectivity index (χ0) is 27.5. The number of carbonyl (C=O) groups excluding carboxylic acids is 3. The average molecular weight is 564 g/mol. The molecule has 0 spiro atoms. The molecule has 4 rings (SSSR count). The number of piperidine rings is 1. The fourth-order valence-electron chi connectivity index (χ4n) is 4.13. The molecule has 0 unspecified atom stereocenters. The summed E-state index contributed by atoms with van der Waals surface area (Å²) in [4.78, 5) is 49.8. The lowest BCUT2D eigenvalue weighted by Gasteiger charge is -2.32. The third kappa shape index (κ3) is 9.23. The molecule has 1 aromatic carbocycles. The first-order chi connectivity index (χ1) is 19.0. The lowest BCUT2D eigenvalue weighted by Crippen LogP contribution is -2.51. The number of pyridine rings is 2. The summed E-state index contributed by atoms with van der Waals surface area (Å²) in [6.07, 6.45) is 10.1. The van der Waals surface area contributed by atoms with Crippen LogP contribution in [0.25, 0.3) is 6.08 Å². The van der Waals surface area contributed by atoms with E-state index in [0.717, 1.165) is 18.4 Å². The number of halogens is 1. The van der Waals surface area contributed by atoms with Crippen LogP contribution in [0.5, 0.6) is 0 Å². The van der Waals surface area contributed by atoms with Crippen molar-refractivity contribution in [1.82, 2.24) is 25.5 Å². The Balaban J connectivity index is 1.29. The number of rotatable bonds is 10. The van der Waals surface area contributed by atoms with Gasteiger partial charge < -0.3 is 15.5 Å². The van der Waals surface area contributed by atoms with E-state index in [2.05, 4.69) is 20.6 Å². The van der Waals surface area contributed by atoms with Crippen molar-refractivity contribution in [2.24, 2.45) is 0 Å². The molecular weight excluding hydrogens is 534 g/mol. The Hall–Kier alpha value is -3.69. The summed E-state index contributed by atoms with van der Waals surface area (Å²) in [5.74, 6) is -1.01. The number of nitrogens with one attached hydrogen (secondary N) is 2. The van der Waals surface area contributed by atoms with Crippen molar-refractivity contribution in [2.75, 3.05) is 19.6 Å². The van der Waals surface area contributed by atoms with Crippen LogP contribution in [-0.2, 0) is 20.8 Å². The standard InChI is InChI=1S/C29H30ClN5O3S/c30-22-7-4-21(5-8-22)6-9-27(36)34-26(19-23-3-1-2-14-32-23)29(38)33-20-28(37)35-17-12-25(13-18-35)39-24-10-15-31-16-11-24/h1-11,14-16,25-26H,12-13,17-20H2,(H,33,38)(H,34,36)/t26-/m0/s1. The molecule has 3 amide bonds. The number of nitrogens with zero attached hydrogens (tertiary/aromatic N) is 3. The van der Waals surface area contributed by atoms with Gasteiger partial charge in [0.05, 0.1) is 6.54 Å². The van der Waals surface area contributed by atoms with Gasteiger partial charge in [-0.25, -0.2) is 0 Å². The predicted molar refractivity (Wildman–Crippen MR) is 153 cm³/mol. The Labute approximate surface area is 237 Å². The molecule has 1 fully saturated rings. The van der Waals surface area contributed by atoms with E-state index in [9.17, 15) is 14.4 Å². The minimum absolute atomic E-state index is 0.129. The molecule has 0 saturated carbocycles. The number of benzene rings is 1. The molecule has 0 aliphatic carbocycles. The molecule has 3 aromatic rings. The Morgan fingerprint density at radius 2 is 1.77 bits per heavy atom. The van der Waals surface area contributed by atoms with Gasteiger partial charge in [0, 0.05) is 65.0 Å². The minimum Gasteiger partial charge on any atom is -0.345 e. The first-order valence-electron chi connectivity index (χ1n) is 12.7. The van der Waals surface area contributed by atoms with Crippen molar-refractivity contribution in [1.29, 1.82) is 0 Å². The lowest BCUT2D eigenvalue weighted by molar-refractivity contribution is -0.134. The van der Waals surface area contributed by atoms with E-state index < -0.39 is 17.9 Å². The summed E-state index contributed by atoms with van der Waals surface area (Å²) in [5, 5.41) is 6.49. The topological polar surface area (TPSA) is 104 Å². The van der Waals surface area contributed by atoms with E-state index in [1.807, 2.05) is 18.2 Å². The van der Waals surface area contributed by atoms with Crippen LogP contribution in [0.1, 0.15) is 24.1 Å². The van der Waals surface area contributed by atoms with Gasteiger partial charge in [0.25, 0.3) is 0 Å². The first kappa shape index (κ1) is 28.3. The summed E-state index contributed by atoms with van der Waals surface area (Å²) in [6.45, 7) is 1.15. The van der Waals surface area contributed by atoms with Crippen LogP contribution in [-0.4, -0.2) is 63.5 Å². The molecule has 3 heterocycles. The number of thioether (sulfide) groups is 1. The van der Waals surface area contributed by atoms with Crippen LogP contribution in [0.2, 0.25) is 5.02 Å². The molecule has 0 bridgehead atoms. The molecule has 2 aromatic heterocycles. The molecule has 10 heteroatoms. The van der Waals surface area contributed by atoms with Gasteiger partial charge in [0.2, 0.25) is 17.7 Å². The van der Waals surface area contributed by atoms with Crippen molar-refractivity contribution in [3.8, 4) is 0 Å². The lowest BCUT2D eigenvalue weighted by atomic mass is 10.1. The Bertz CT molecular complexity index is 1270. The average Bonchev–Trinajstić information content (AvgIpc) is 2.96. The van der Waals surface area contributed by atoms with Gasteiger partial charge in [-0.3, -0.25) is 24.4 Å². The second-order valence-electron chi connectivity index (χ2n) is 9.07. The highest BCUT2D eigenvalue weighted by molar-refractivity contribution is 8.00. The molecule has 1 aliphatic rings. The normalized spacial score (nSPS) is 14.6. The summed E-state index contributed by atoms with van der Waals surface area (Å²) in [6, 6.07) is 15.5. The number of aromatic nitrogens is 2. The quantitative estimate of drug-likeness (QED) is 0.364. The number of hydrogen-bond donors (Lipinski definition) is 2. The number of amides is 3. The zero-order valence-electron chi connectivity index (χ0n) is 21.3. The van der Waals surface area contributed by atoms with E-state index in [0.29, 0.717) is 29.1 Å². The third-order valence-electron chi connectivity index (χ3n) is 6.23. The zero-order valence-corrected chi connectivity index (χ0v) is 22.9. The van der Waals surface area contributed by atoms with E-state index in [-0.39, 0.29) is 18.9 Å². The van der Waals surface area contributed by atoms with Crippen LogP contribution < -0.4 is 10.6 Å². The van der Waals surface area contributed by atoms with Gasteiger partial charge in [-0.2, -0.15) is 0 Å². The highest BCUT2D eigenvalue weighted by atomic mass is 35.5. The van der Waals surface area contributed by atoms with Gasteiger partial charge in [-0.1, -0.05) is 29.8 Å². The Morgan fingerprint density at radius 1 is 1.03 bits per heavy atom. The van der Waals surface area contributed by atoms with Crippen molar-refractivity contribution in [3.63, 3.8) is 0 Å².